The first-order valence-electron chi connectivity index (χ1n) is 36.5. The van der Waals surface area contributed by atoms with Gasteiger partial charge in [0.25, 0.3) is 0 Å². The van der Waals surface area contributed by atoms with Gasteiger partial charge in [0.05, 0.1) is 45.9 Å². The van der Waals surface area contributed by atoms with Crippen molar-refractivity contribution in [3.8, 4) is 56.6 Å². The van der Waals surface area contributed by atoms with Gasteiger partial charge in [-0.15, -0.1) is 0 Å². The van der Waals surface area contributed by atoms with E-state index in [2.05, 4.69) is 284 Å². The Morgan fingerprint density at radius 1 is 0.351 bits per heavy atom. The highest BCUT2D eigenvalue weighted by Crippen LogP contribution is 2.53. The van der Waals surface area contributed by atoms with Crippen LogP contribution in [0.1, 0.15) is 245 Å². The molecule has 0 amide bonds. The minimum atomic E-state index is -1.06. The molecule has 2 N–H and O–H groups in total. The Morgan fingerprint density at radius 2 is 0.639 bits per heavy atom. The van der Waals surface area contributed by atoms with Gasteiger partial charge in [-0.3, -0.25) is 0 Å². The zero-order chi connectivity index (χ0) is 70.4. The van der Waals surface area contributed by atoms with Gasteiger partial charge in [0.15, 0.2) is 0 Å². The first-order valence-corrected chi connectivity index (χ1v) is 38.5. The first kappa shape index (κ1) is 69.7. The zero-order valence-electron chi connectivity index (χ0n) is 63.8. The number of phenolic OH excluding ortho intramolecular Hbond substituents is 2. The molecule has 512 valence electrons. The van der Waals surface area contributed by atoms with Gasteiger partial charge in [-0.05, 0) is 236 Å². The van der Waals surface area contributed by atoms with E-state index >= 15 is 0 Å². The molecule has 8 aromatic carbocycles. The zero-order valence-corrected chi connectivity index (χ0v) is 65.2. The Morgan fingerprint density at radius 3 is 0.918 bits per heavy atom. The van der Waals surface area contributed by atoms with E-state index in [1.807, 2.05) is 0 Å². The lowest BCUT2D eigenvalue weighted by Crippen LogP contribution is -2.25. The summed E-state index contributed by atoms with van der Waals surface area (Å²) in [6.07, 6.45) is 9.02. The van der Waals surface area contributed by atoms with Crippen LogP contribution in [0.25, 0.3) is 77.2 Å². The van der Waals surface area contributed by atoms with Crippen LogP contribution in [0.5, 0.6) is 23.0 Å². The molecule has 10 aromatic rings. The molecule has 0 unspecified atom stereocenters. The average molecular weight is 1320 g/mol. The highest BCUT2D eigenvalue weighted by atomic mass is 28.2. The molecule has 2 aliphatic carbocycles. The molecule has 0 bridgehead atoms. The molecule has 0 spiro atoms. The maximum Gasteiger partial charge on any atom is 0.147 e. The highest BCUT2D eigenvalue weighted by Gasteiger charge is 2.36. The fraction of sp³-hybridized carbons (Fsp3) is 0.467. The quantitative estimate of drug-likeness (QED) is 0.0841. The Kier molecular flexibility index (Phi) is 17.5. The second kappa shape index (κ2) is 24.3. The van der Waals surface area contributed by atoms with E-state index < -0.39 is 9.52 Å². The summed E-state index contributed by atoms with van der Waals surface area (Å²) in [7, 11) is -1.06. The summed E-state index contributed by atoms with van der Waals surface area (Å²) in [6.45, 7) is 55.5. The first-order chi connectivity index (χ1) is 45.0. The number of rotatable bonds is 14. The summed E-state index contributed by atoms with van der Waals surface area (Å²) in [5.41, 5.74) is 23.9. The van der Waals surface area contributed by atoms with Crippen LogP contribution in [0.3, 0.4) is 0 Å². The molecule has 12 rings (SSSR count). The van der Waals surface area contributed by atoms with Gasteiger partial charge >= 0.3 is 0 Å². The fourth-order valence-electron chi connectivity index (χ4n) is 17.1. The van der Waals surface area contributed by atoms with Crippen LogP contribution in [0.15, 0.2) is 109 Å². The van der Waals surface area contributed by atoms with Crippen molar-refractivity contribution in [3.05, 3.63) is 176 Å². The molecule has 0 saturated carbocycles. The van der Waals surface area contributed by atoms with Crippen LogP contribution < -0.4 is 9.47 Å². The largest absolute Gasteiger partial charge is 0.505 e. The number of aromatic hydroxyl groups is 2. The second-order valence-corrected chi connectivity index (χ2v) is 39.0. The topological polar surface area (TPSA) is 68.8 Å². The van der Waals surface area contributed by atoms with Gasteiger partial charge in [0.2, 0.25) is 0 Å². The number of hydrogen-bond acceptors (Lipinski definition) is 4. The van der Waals surface area contributed by atoms with Crippen molar-refractivity contribution in [2.24, 2.45) is 10.8 Å². The van der Waals surface area contributed by atoms with Crippen LogP contribution in [0.2, 0.25) is 0 Å². The molecule has 7 heteroatoms. The molecule has 2 aromatic heterocycles. The second-order valence-electron chi connectivity index (χ2n) is 37.4. The molecule has 0 atom stereocenters. The fourth-order valence-corrected chi connectivity index (χ4v) is 17.9. The number of ether oxygens (including phenoxy) is 2. The van der Waals surface area contributed by atoms with E-state index in [1.165, 1.54) is 88.3 Å². The van der Waals surface area contributed by atoms with Crippen LogP contribution >= 0.6 is 0 Å². The molecule has 2 heterocycles. The van der Waals surface area contributed by atoms with Crippen molar-refractivity contribution >= 4 is 53.1 Å². The van der Waals surface area contributed by atoms with E-state index in [-0.39, 0.29) is 54.8 Å². The number of aryl methyl sites for hydroxylation is 2. The van der Waals surface area contributed by atoms with E-state index in [4.69, 9.17) is 9.47 Å². The van der Waals surface area contributed by atoms with Crippen molar-refractivity contribution in [2.45, 2.75) is 250 Å². The number of benzene rings is 8. The predicted octanol–water partition coefficient (Wildman–Crippen LogP) is 23.4. The molecular weight excluding hydrogens is 1200 g/mol. The minimum Gasteiger partial charge on any atom is -0.505 e. The molecule has 0 fully saturated rings. The van der Waals surface area contributed by atoms with Crippen LogP contribution in [0, 0.1) is 24.7 Å². The van der Waals surface area contributed by atoms with Crippen molar-refractivity contribution in [1.29, 1.82) is 0 Å². The van der Waals surface area contributed by atoms with Gasteiger partial charge in [0, 0.05) is 43.8 Å². The number of fused-ring (bicyclic) bond motifs is 8. The number of phenols is 2. The Balaban J connectivity index is 0.980. The Bertz CT molecular complexity index is 4320. The summed E-state index contributed by atoms with van der Waals surface area (Å²) in [6, 6.07) is 41.7. The third-order valence-corrected chi connectivity index (χ3v) is 22.7. The van der Waals surface area contributed by atoms with Gasteiger partial charge < -0.3 is 28.8 Å². The normalized spacial score (nSPS) is 14.4. The van der Waals surface area contributed by atoms with Crippen molar-refractivity contribution < 1.29 is 19.7 Å². The third-order valence-electron chi connectivity index (χ3n) is 21.7. The van der Waals surface area contributed by atoms with E-state index in [0.29, 0.717) is 12.5 Å². The maximum absolute atomic E-state index is 13.6. The molecule has 6 nitrogen and oxygen atoms in total. The lowest BCUT2D eigenvalue weighted by atomic mass is 9.71. The van der Waals surface area contributed by atoms with E-state index in [9.17, 15) is 10.2 Å². The summed E-state index contributed by atoms with van der Waals surface area (Å²) < 4.78 is 19.6. The highest BCUT2D eigenvalue weighted by molar-refractivity contribution is 6.35. The average Bonchev–Trinajstić information content (AvgIpc) is 1.61. The number of nitrogens with zero attached hydrogens (tertiary/aromatic N) is 2. The SMILES string of the molecule is Cc1cc(-c2cc(C(C)(C)CC(C)(C)C)cc(-n3c4cc(C(C)(C)C)ccc4c4ccc(C(C)(C)C)cc43)c2O)c(OC[SiH2]COc2c(-c3cc(C(C)(C)CC(C)(C)C)cc(-n4c5cc(C(C)(C)C)ccc5c5ccc(C(C)(C)C)cc54)c3O)cc(C)c3c2CCC3)c2c1CCC2. The van der Waals surface area contributed by atoms with Crippen molar-refractivity contribution in [2.75, 3.05) is 12.5 Å². The number of hydrogen-bond donors (Lipinski definition) is 2. The predicted molar refractivity (Wildman–Crippen MR) is 418 cm³/mol. The standard InChI is InChI=1S/C90H114N2O4Si/c1-53-39-71(69-41-59(89(21,22)49-83(3,4)5)47-77(79(69)93)91-73-43-55(85(9,10)11)31-35-63(73)64-36-32-56(44-74(64)91)86(12,13)14)81(67-29-25-27-61(53)67)95-51-97-52-96-82-68-30-26-28-62(68)54(2)40-72(82)70-42-60(90(23,24)50-84(6,7)8)48-78(80(70)94)92-75-45-57(87(15,16)17)33-37-65(75)66-38-34-58(46-76(66)92)88(18,19)20/h31-48,93-94H,25-30,49-52,97H2,1-24H3. The lowest BCUT2D eigenvalue weighted by Gasteiger charge is -2.34. The summed E-state index contributed by atoms with van der Waals surface area (Å²) >= 11 is 0. The van der Waals surface area contributed by atoms with E-state index in [1.54, 1.807) is 0 Å². The minimum absolute atomic E-state index is 0.0413. The van der Waals surface area contributed by atoms with Gasteiger partial charge in [-0.1, -0.05) is 201 Å². The summed E-state index contributed by atoms with van der Waals surface area (Å²) in [4.78, 5) is 0. The lowest BCUT2D eigenvalue weighted by molar-refractivity contribution is 0.283. The Hall–Kier alpha value is -7.22. The Labute approximate surface area is 584 Å². The van der Waals surface area contributed by atoms with Crippen LogP contribution in [-0.4, -0.2) is 41.3 Å². The van der Waals surface area contributed by atoms with Crippen molar-refractivity contribution in [3.63, 3.8) is 0 Å². The molecule has 97 heavy (non-hydrogen) atoms. The summed E-state index contributed by atoms with van der Waals surface area (Å²) in [5.74, 6) is 2.34. The monoisotopic (exact) mass is 1310 g/mol. The smallest absolute Gasteiger partial charge is 0.147 e. The van der Waals surface area contributed by atoms with Gasteiger partial charge in [-0.2, -0.15) is 0 Å². The molecular formula is C90H114N2O4Si. The van der Waals surface area contributed by atoms with Crippen LogP contribution in [-0.2, 0) is 58.2 Å². The molecule has 0 aliphatic heterocycles. The third kappa shape index (κ3) is 13.2. The van der Waals surface area contributed by atoms with Gasteiger partial charge in [-0.25, -0.2) is 0 Å². The van der Waals surface area contributed by atoms with Gasteiger partial charge in [0.1, 0.15) is 32.5 Å². The van der Waals surface area contributed by atoms with Crippen molar-refractivity contribution in [1.82, 2.24) is 9.13 Å². The van der Waals surface area contributed by atoms with E-state index in [0.717, 1.165) is 119 Å². The molecule has 2 aliphatic rings. The molecule has 0 radical (unpaired) electrons. The number of aromatic nitrogens is 2. The molecule has 0 saturated heterocycles. The van der Waals surface area contributed by atoms with Crippen LogP contribution in [0.4, 0.5) is 0 Å². The summed E-state index contributed by atoms with van der Waals surface area (Å²) in [5, 5.41) is 31.9. The maximum atomic E-state index is 13.6.